The maximum absolute atomic E-state index is 12.9. The summed E-state index contributed by atoms with van der Waals surface area (Å²) in [6.07, 6.45) is -1.12. The molecule has 1 saturated carbocycles. The number of hydrogen-bond acceptors (Lipinski definition) is 5. The number of aromatic nitrogens is 1. The zero-order valence-corrected chi connectivity index (χ0v) is 21.3. The van der Waals surface area contributed by atoms with Crippen LogP contribution in [0.1, 0.15) is 72.6 Å². The summed E-state index contributed by atoms with van der Waals surface area (Å²) < 4.78 is 38.8. The molecule has 0 unspecified atom stereocenters. The fourth-order valence-corrected chi connectivity index (χ4v) is 5.48. The first-order valence-electron chi connectivity index (χ1n) is 11.9. The fourth-order valence-electron chi connectivity index (χ4n) is 4.40. The van der Waals surface area contributed by atoms with Crippen molar-refractivity contribution in [2.75, 3.05) is 13.6 Å². The van der Waals surface area contributed by atoms with E-state index in [4.69, 9.17) is 4.98 Å². The quantitative estimate of drug-likeness (QED) is 0.544. The Balaban J connectivity index is 1.64. The molecule has 35 heavy (non-hydrogen) atoms. The zero-order valence-electron chi connectivity index (χ0n) is 20.5. The molecular formula is C25H33F3N4O2S. The molecule has 10 heteroatoms. The van der Waals surface area contributed by atoms with Gasteiger partial charge in [0.15, 0.2) is 0 Å². The minimum Gasteiger partial charge on any atom is -0.351 e. The lowest BCUT2D eigenvalue weighted by Crippen LogP contribution is -2.50. The van der Waals surface area contributed by atoms with Crippen LogP contribution in [0, 0.1) is 0 Å². The monoisotopic (exact) mass is 510 g/mol. The normalized spacial score (nSPS) is 20.8. The number of aryl methyl sites for hydroxylation is 1. The predicted octanol–water partition coefficient (Wildman–Crippen LogP) is 4.62. The van der Waals surface area contributed by atoms with Gasteiger partial charge in [-0.25, -0.2) is 4.98 Å². The van der Waals surface area contributed by atoms with Crippen molar-refractivity contribution < 1.29 is 22.8 Å². The number of nitrogens with zero attached hydrogens (tertiary/aromatic N) is 2. The second kappa shape index (κ2) is 11.5. The van der Waals surface area contributed by atoms with Crippen LogP contribution in [0.4, 0.5) is 13.2 Å². The van der Waals surface area contributed by atoms with Crippen molar-refractivity contribution in [3.8, 4) is 0 Å². The first kappa shape index (κ1) is 27.1. The van der Waals surface area contributed by atoms with E-state index in [0.29, 0.717) is 12.1 Å². The molecule has 1 aliphatic carbocycles. The molecule has 0 aliphatic heterocycles. The lowest BCUT2D eigenvalue weighted by molar-refractivity contribution is -0.137. The van der Waals surface area contributed by atoms with Crippen LogP contribution in [-0.2, 0) is 17.4 Å². The highest BCUT2D eigenvalue weighted by molar-refractivity contribution is 7.09. The number of amides is 2. The average molecular weight is 511 g/mol. The van der Waals surface area contributed by atoms with Crippen LogP contribution in [0.5, 0.6) is 0 Å². The van der Waals surface area contributed by atoms with Gasteiger partial charge in [-0.1, -0.05) is 13.0 Å². The average Bonchev–Trinajstić information content (AvgIpc) is 3.31. The van der Waals surface area contributed by atoms with Crippen LogP contribution in [0.25, 0.3) is 0 Å². The van der Waals surface area contributed by atoms with E-state index in [1.165, 1.54) is 12.1 Å². The molecule has 1 aromatic heterocycles. The van der Waals surface area contributed by atoms with Crippen molar-refractivity contribution in [2.45, 2.75) is 76.7 Å². The van der Waals surface area contributed by atoms with Gasteiger partial charge in [-0.05, 0) is 64.8 Å². The minimum absolute atomic E-state index is 0.0587. The van der Waals surface area contributed by atoms with Gasteiger partial charge in [0.25, 0.3) is 5.91 Å². The molecule has 2 amide bonds. The summed E-state index contributed by atoms with van der Waals surface area (Å²) in [7, 11) is 2.12. The van der Waals surface area contributed by atoms with Crippen molar-refractivity contribution in [1.82, 2.24) is 20.5 Å². The Morgan fingerprint density at radius 2 is 2.00 bits per heavy atom. The van der Waals surface area contributed by atoms with Crippen molar-refractivity contribution in [3.05, 3.63) is 51.5 Å². The smallest absolute Gasteiger partial charge is 0.351 e. The molecule has 0 bridgehead atoms. The van der Waals surface area contributed by atoms with Crippen molar-refractivity contribution in [2.24, 2.45) is 0 Å². The lowest BCUT2D eigenvalue weighted by Gasteiger charge is -2.41. The molecule has 1 aromatic carbocycles. The first-order valence-corrected chi connectivity index (χ1v) is 12.8. The molecule has 3 atom stereocenters. The van der Waals surface area contributed by atoms with E-state index >= 15 is 0 Å². The summed E-state index contributed by atoms with van der Waals surface area (Å²) in [5.74, 6) is -1.04. The topological polar surface area (TPSA) is 74.3 Å². The number of carbonyl (C=O) groups excluding carboxylic acids is 2. The van der Waals surface area contributed by atoms with E-state index in [1.807, 2.05) is 0 Å². The van der Waals surface area contributed by atoms with Gasteiger partial charge in [-0.15, -0.1) is 11.3 Å². The summed E-state index contributed by atoms with van der Waals surface area (Å²) >= 11 is 1.61. The molecule has 0 spiro atoms. The number of alkyl halides is 3. The Morgan fingerprint density at radius 3 is 2.63 bits per heavy atom. The Kier molecular flexibility index (Phi) is 8.93. The highest BCUT2D eigenvalue weighted by Crippen LogP contribution is 2.37. The largest absolute Gasteiger partial charge is 0.416 e. The number of benzene rings is 1. The maximum atomic E-state index is 12.9. The second-order valence-corrected chi connectivity index (χ2v) is 10.2. The van der Waals surface area contributed by atoms with E-state index in [-0.39, 0.29) is 30.0 Å². The van der Waals surface area contributed by atoms with E-state index in [2.05, 4.69) is 48.7 Å². The van der Waals surface area contributed by atoms with Crippen LogP contribution in [0.2, 0.25) is 0 Å². The van der Waals surface area contributed by atoms with Gasteiger partial charge in [0.05, 0.1) is 22.8 Å². The third-order valence-electron chi connectivity index (χ3n) is 6.67. The molecule has 2 N–H and O–H groups in total. The number of rotatable bonds is 8. The van der Waals surface area contributed by atoms with Gasteiger partial charge < -0.3 is 15.5 Å². The zero-order chi connectivity index (χ0) is 25.8. The Hall–Kier alpha value is -2.46. The maximum Gasteiger partial charge on any atom is 0.416 e. The summed E-state index contributed by atoms with van der Waals surface area (Å²) in [5, 5.41) is 8.53. The van der Waals surface area contributed by atoms with Crippen LogP contribution in [0.15, 0.2) is 29.6 Å². The number of hydrogen-bond donors (Lipinski definition) is 2. The molecule has 6 nitrogen and oxygen atoms in total. The standard InChI is InChI=1S/C25H33F3N4O2S/c1-5-18-14-35-24(30-18)20-12-19(32(4)15(2)3)9-10-21(20)31-22(33)13-29-23(34)16-7-6-8-17(11-16)25(26,27)28/h6-8,11,14-15,19-21H,5,9-10,12-13H2,1-4H3,(H,29,34)(H,31,33)/t19-,20+,21+/m1/s1. The predicted molar refractivity (Wildman–Crippen MR) is 130 cm³/mol. The van der Waals surface area contributed by atoms with Gasteiger partial charge in [0, 0.05) is 35.0 Å². The van der Waals surface area contributed by atoms with Crippen LogP contribution >= 0.6 is 11.3 Å². The molecule has 1 fully saturated rings. The van der Waals surface area contributed by atoms with Gasteiger partial charge >= 0.3 is 6.18 Å². The minimum atomic E-state index is -4.54. The molecule has 0 saturated heterocycles. The van der Waals surface area contributed by atoms with Crippen LogP contribution < -0.4 is 10.6 Å². The van der Waals surface area contributed by atoms with Gasteiger partial charge in [-0.3, -0.25) is 9.59 Å². The Labute approximate surface area is 208 Å². The molecule has 1 aliphatic rings. The SMILES string of the molecule is CCc1csc([C@H]2C[C@H](N(C)C(C)C)CC[C@@H]2NC(=O)CNC(=O)c2cccc(C(F)(F)F)c2)n1. The third-order valence-corrected chi connectivity index (χ3v) is 7.70. The van der Waals surface area contributed by atoms with E-state index in [0.717, 1.165) is 48.5 Å². The van der Waals surface area contributed by atoms with E-state index in [1.54, 1.807) is 11.3 Å². The lowest BCUT2D eigenvalue weighted by atomic mass is 9.81. The van der Waals surface area contributed by atoms with Crippen LogP contribution in [0.3, 0.4) is 0 Å². The van der Waals surface area contributed by atoms with Gasteiger partial charge in [0.1, 0.15) is 0 Å². The molecule has 0 radical (unpaired) electrons. The number of thiazole rings is 1. The molecule has 192 valence electrons. The third kappa shape index (κ3) is 7.04. The van der Waals surface area contributed by atoms with Crippen LogP contribution in [-0.4, -0.2) is 53.4 Å². The fraction of sp³-hybridized carbons (Fsp3) is 0.560. The first-order chi connectivity index (χ1) is 16.5. The number of halogens is 3. The molecule has 2 aromatic rings. The highest BCUT2D eigenvalue weighted by Gasteiger charge is 2.36. The second-order valence-electron chi connectivity index (χ2n) is 9.30. The van der Waals surface area contributed by atoms with E-state index < -0.39 is 17.6 Å². The van der Waals surface area contributed by atoms with Crippen molar-refractivity contribution in [3.63, 3.8) is 0 Å². The summed E-state index contributed by atoms with van der Waals surface area (Å²) in [4.78, 5) is 32.2. The molecular weight excluding hydrogens is 477 g/mol. The number of nitrogens with one attached hydrogen (secondary N) is 2. The van der Waals surface area contributed by atoms with Gasteiger partial charge in [-0.2, -0.15) is 13.2 Å². The summed E-state index contributed by atoms with van der Waals surface area (Å²) in [6, 6.07) is 4.80. The Morgan fingerprint density at radius 1 is 1.26 bits per heavy atom. The molecule has 3 rings (SSSR count). The van der Waals surface area contributed by atoms with Crippen molar-refractivity contribution in [1.29, 1.82) is 0 Å². The van der Waals surface area contributed by atoms with Gasteiger partial charge in [0.2, 0.25) is 5.91 Å². The van der Waals surface area contributed by atoms with E-state index in [9.17, 15) is 22.8 Å². The van der Waals surface area contributed by atoms with Crippen molar-refractivity contribution >= 4 is 23.2 Å². The highest BCUT2D eigenvalue weighted by atomic mass is 32.1. The number of carbonyl (C=O) groups is 2. The summed E-state index contributed by atoms with van der Waals surface area (Å²) in [6.45, 7) is 6.07. The Bertz CT molecular complexity index is 1020. The molecule has 1 heterocycles. The summed E-state index contributed by atoms with van der Waals surface area (Å²) in [5.41, 5.74) is -0.0177.